The van der Waals surface area contributed by atoms with E-state index in [0.717, 1.165) is 11.4 Å². The van der Waals surface area contributed by atoms with E-state index in [1.165, 1.54) is 66.0 Å². The Balaban J connectivity index is 1.26. The highest BCUT2D eigenvalue weighted by Crippen LogP contribution is 2.40. The fourth-order valence-electron chi connectivity index (χ4n) is 8.26. The van der Waals surface area contributed by atoms with Crippen LogP contribution in [0.3, 0.4) is 0 Å². The first kappa shape index (κ1) is 29.5. The number of nitrogens with one attached hydrogen (secondary N) is 1. The number of para-hydroxylation sites is 4. The molecule has 0 bridgehead atoms. The summed E-state index contributed by atoms with van der Waals surface area (Å²) in [5.41, 5.74) is 11.9. The van der Waals surface area contributed by atoms with Crippen molar-refractivity contribution in [2.24, 2.45) is 0 Å². The molecule has 7 aromatic carbocycles. The molecule has 0 radical (unpaired) electrons. The van der Waals surface area contributed by atoms with Crippen LogP contribution >= 0.6 is 0 Å². The van der Waals surface area contributed by atoms with Crippen LogP contribution in [0.1, 0.15) is 28.9 Å². The molecule has 0 aliphatic carbocycles. The minimum absolute atomic E-state index is 0.0242. The van der Waals surface area contributed by atoms with E-state index in [1.54, 1.807) is 0 Å². The number of hydrogen-bond donors (Lipinski definition) is 1. The number of hydrogen-bond acceptors (Lipinski definition) is 2. The average molecular weight is 657 g/mol. The van der Waals surface area contributed by atoms with Crippen LogP contribution < -0.4 is 5.32 Å². The van der Waals surface area contributed by atoms with Crippen molar-refractivity contribution >= 4 is 49.3 Å². The second-order valence-corrected chi connectivity index (χ2v) is 13.5. The van der Waals surface area contributed by atoms with Crippen LogP contribution in [-0.2, 0) is 0 Å². The lowest BCUT2D eigenvalue weighted by atomic mass is 9.97. The first-order valence-corrected chi connectivity index (χ1v) is 17.7. The third-order valence-electron chi connectivity index (χ3n) is 10.6. The molecule has 1 aliphatic rings. The Hall–Kier alpha value is -6.36. The fraction of sp³-hybridized carbons (Fsp3) is 0.0638. The largest absolute Gasteiger partial charge is 0.355 e. The molecule has 4 heteroatoms. The summed E-state index contributed by atoms with van der Waals surface area (Å²) >= 11 is 0. The molecule has 4 nitrogen and oxygen atoms in total. The van der Waals surface area contributed by atoms with Gasteiger partial charge in [-0.3, -0.25) is 5.32 Å². The molecule has 2 aromatic heterocycles. The zero-order valence-corrected chi connectivity index (χ0v) is 28.3. The lowest BCUT2D eigenvalue weighted by Gasteiger charge is -2.40. The molecule has 3 heterocycles. The van der Waals surface area contributed by atoms with Crippen molar-refractivity contribution < 1.29 is 0 Å². The molecule has 1 N–H and O–H groups in total. The van der Waals surface area contributed by atoms with Gasteiger partial charge in [-0.15, -0.1) is 0 Å². The summed E-state index contributed by atoms with van der Waals surface area (Å²) in [4.78, 5) is 2.40. The summed E-state index contributed by atoms with van der Waals surface area (Å²) in [6.45, 7) is 0. The summed E-state index contributed by atoms with van der Waals surface area (Å²) < 4.78 is 4.88. The Kier molecular flexibility index (Phi) is 6.90. The van der Waals surface area contributed by atoms with Gasteiger partial charge in [0.1, 0.15) is 6.17 Å². The molecule has 1 aliphatic heterocycles. The van der Waals surface area contributed by atoms with Gasteiger partial charge >= 0.3 is 0 Å². The Morgan fingerprint density at radius 1 is 0.431 bits per heavy atom. The van der Waals surface area contributed by atoms with Gasteiger partial charge in [0.15, 0.2) is 0 Å². The Labute approximate surface area is 297 Å². The fourth-order valence-corrected chi connectivity index (χ4v) is 8.26. The first-order chi connectivity index (χ1) is 25.2. The summed E-state index contributed by atoms with van der Waals surface area (Å²) in [5.74, 6) is 0. The van der Waals surface area contributed by atoms with E-state index in [-0.39, 0.29) is 12.2 Å². The van der Waals surface area contributed by atoms with Gasteiger partial charge in [-0.1, -0.05) is 133 Å². The summed E-state index contributed by atoms with van der Waals surface area (Å²) in [6.07, 6.45) is 2.25. The number of fused-ring (bicyclic) bond motifs is 6. The van der Waals surface area contributed by atoms with Crippen molar-refractivity contribution in [3.63, 3.8) is 0 Å². The third kappa shape index (κ3) is 4.79. The van der Waals surface area contributed by atoms with Crippen LogP contribution in [-0.4, -0.2) is 21.1 Å². The van der Waals surface area contributed by atoms with E-state index in [1.807, 2.05) is 0 Å². The molecule has 0 spiro atoms. The van der Waals surface area contributed by atoms with Crippen molar-refractivity contribution in [2.45, 2.75) is 12.2 Å². The van der Waals surface area contributed by atoms with Gasteiger partial charge < -0.3 is 14.0 Å². The summed E-state index contributed by atoms with van der Waals surface area (Å²) in [6, 6.07) is 63.8. The van der Waals surface area contributed by atoms with Crippen LogP contribution in [0.15, 0.2) is 182 Å². The Bertz CT molecular complexity index is 2520. The minimum Gasteiger partial charge on any atom is -0.355 e. The van der Waals surface area contributed by atoms with E-state index in [4.69, 9.17) is 0 Å². The highest BCUT2D eigenvalue weighted by Gasteiger charge is 2.30. The maximum absolute atomic E-state index is 4.06. The normalized spacial score (nSPS) is 16.3. The molecular weight excluding hydrogens is 621 g/mol. The molecule has 0 saturated heterocycles. The van der Waals surface area contributed by atoms with E-state index in [2.05, 4.69) is 208 Å². The van der Waals surface area contributed by atoms with Gasteiger partial charge in [0.05, 0.1) is 28.1 Å². The SMILES string of the molecule is CN1C(c2ccccc2)=CC(c2ccccc2)NC1c1cc(-n2c3ccccc3c3ccccc32)cc(-n2c3ccccc3c3ccccc32)c1. The summed E-state index contributed by atoms with van der Waals surface area (Å²) in [7, 11) is 2.21. The first-order valence-electron chi connectivity index (χ1n) is 17.7. The van der Waals surface area contributed by atoms with Crippen molar-refractivity contribution in [3.8, 4) is 11.4 Å². The highest BCUT2D eigenvalue weighted by molar-refractivity contribution is 6.10. The average Bonchev–Trinajstić information content (AvgIpc) is 3.72. The highest BCUT2D eigenvalue weighted by atomic mass is 15.3. The molecule has 2 unspecified atom stereocenters. The van der Waals surface area contributed by atoms with Crippen molar-refractivity contribution in [3.05, 3.63) is 199 Å². The summed E-state index contributed by atoms with van der Waals surface area (Å²) in [5, 5.41) is 9.07. The maximum atomic E-state index is 4.06. The van der Waals surface area contributed by atoms with Crippen LogP contribution in [0, 0.1) is 0 Å². The standard InChI is InChI=1S/C47H36N4/c1-49-46(33-18-6-3-7-19-33)31-41(32-16-4-2-5-17-32)48-47(49)34-28-35(50-42-24-12-8-20-37(42)38-21-9-13-25-43(38)50)30-36(29-34)51-44-26-14-10-22-39(44)40-23-11-15-27-45(40)51/h2-31,41,47-48H,1H3. The molecule has 9 aromatic rings. The predicted molar refractivity (Wildman–Crippen MR) is 212 cm³/mol. The zero-order valence-electron chi connectivity index (χ0n) is 28.3. The number of rotatable bonds is 5. The van der Waals surface area contributed by atoms with Crippen molar-refractivity contribution in [2.75, 3.05) is 7.05 Å². The molecule has 244 valence electrons. The van der Waals surface area contributed by atoms with E-state index in [9.17, 15) is 0 Å². The molecule has 10 rings (SSSR count). The molecule has 51 heavy (non-hydrogen) atoms. The zero-order chi connectivity index (χ0) is 33.9. The monoisotopic (exact) mass is 656 g/mol. The van der Waals surface area contributed by atoms with Crippen LogP contribution in [0.25, 0.3) is 60.7 Å². The lowest BCUT2D eigenvalue weighted by molar-refractivity contribution is 0.263. The number of aromatic nitrogens is 2. The maximum Gasteiger partial charge on any atom is 0.106 e. The van der Waals surface area contributed by atoms with Crippen molar-refractivity contribution in [1.29, 1.82) is 0 Å². The van der Waals surface area contributed by atoms with E-state index < -0.39 is 0 Å². The minimum atomic E-state index is -0.115. The van der Waals surface area contributed by atoms with Gasteiger partial charge in [-0.2, -0.15) is 0 Å². The van der Waals surface area contributed by atoms with Gasteiger partial charge in [-0.25, -0.2) is 0 Å². The second-order valence-electron chi connectivity index (χ2n) is 13.5. The molecule has 0 saturated carbocycles. The van der Waals surface area contributed by atoms with Crippen LogP contribution in [0.5, 0.6) is 0 Å². The topological polar surface area (TPSA) is 25.1 Å². The number of nitrogens with zero attached hydrogens (tertiary/aromatic N) is 3. The molecule has 0 amide bonds. The Morgan fingerprint density at radius 2 is 0.843 bits per heavy atom. The van der Waals surface area contributed by atoms with Crippen LogP contribution in [0.2, 0.25) is 0 Å². The lowest BCUT2D eigenvalue weighted by Crippen LogP contribution is -2.40. The second kappa shape index (κ2) is 11.9. The molecule has 0 fully saturated rings. The Morgan fingerprint density at radius 3 is 1.31 bits per heavy atom. The number of benzene rings is 7. The van der Waals surface area contributed by atoms with Crippen molar-refractivity contribution in [1.82, 2.24) is 19.4 Å². The molecular formula is C47H36N4. The smallest absolute Gasteiger partial charge is 0.106 e. The molecule has 2 atom stereocenters. The van der Waals surface area contributed by atoms with Gasteiger partial charge in [-0.05, 0) is 65.2 Å². The van der Waals surface area contributed by atoms with Crippen LogP contribution in [0.4, 0.5) is 0 Å². The van der Waals surface area contributed by atoms with Gasteiger partial charge in [0.2, 0.25) is 0 Å². The van der Waals surface area contributed by atoms with E-state index >= 15 is 0 Å². The predicted octanol–water partition coefficient (Wildman–Crippen LogP) is 11.2. The quantitative estimate of drug-likeness (QED) is 0.199. The van der Waals surface area contributed by atoms with Gasteiger partial charge in [0.25, 0.3) is 0 Å². The van der Waals surface area contributed by atoms with E-state index in [0.29, 0.717) is 0 Å². The van der Waals surface area contributed by atoms with Gasteiger partial charge in [0, 0.05) is 45.7 Å². The third-order valence-corrected chi connectivity index (χ3v) is 10.6.